The highest BCUT2D eigenvalue weighted by Gasteiger charge is 2.37. The van der Waals surface area contributed by atoms with E-state index in [0.717, 1.165) is 28.7 Å². The van der Waals surface area contributed by atoms with Gasteiger partial charge in [-0.15, -0.1) is 0 Å². The highest BCUT2D eigenvalue weighted by atomic mass is 16.4. The van der Waals surface area contributed by atoms with Gasteiger partial charge in [0.25, 0.3) is 0 Å². The Hall–Kier alpha value is -3.07. The maximum absolute atomic E-state index is 11.1. The Morgan fingerprint density at radius 2 is 1.30 bits per heavy atom. The number of phenols is 1. The number of fused-ring (bicyclic) bond motifs is 1. The number of aromatic hydroxyl groups is 1. The molecule has 0 aliphatic heterocycles. The second kappa shape index (κ2) is 7.02. The number of carboxylic acid groups (broad SMARTS) is 1. The van der Waals surface area contributed by atoms with Crippen LogP contribution in [0.5, 0.6) is 5.75 Å². The lowest BCUT2D eigenvalue weighted by molar-refractivity contribution is 0.0697. The van der Waals surface area contributed by atoms with E-state index in [0.29, 0.717) is 0 Å². The van der Waals surface area contributed by atoms with E-state index in [2.05, 4.69) is 45.9 Å². The van der Waals surface area contributed by atoms with Crippen LogP contribution in [0, 0.1) is 0 Å². The highest BCUT2D eigenvalue weighted by Crippen LogP contribution is 2.47. The standard InChI is InChI=1S/C27H28O3/c1-26(2)13-14-27(3,4)23-16-20(9-11-22(23)26)21-15-19(10-12-24(21)28)17-5-7-18(8-6-17)25(29)30/h5-12,15-16,28H,13-14H2,1-4H3,(H,29,30). The zero-order chi connectivity index (χ0) is 21.7. The van der Waals surface area contributed by atoms with Crippen LogP contribution in [0.25, 0.3) is 22.3 Å². The summed E-state index contributed by atoms with van der Waals surface area (Å²) >= 11 is 0. The molecule has 0 unspecified atom stereocenters. The molecule has 0 heterocycles. The molecule has 0 amide bonds. The average Bonchev–Trinajstić information content (AvgIpc) is 2.72. The van der Waals surface area contributed by atoms with Crippen LogP contribution in [0.1, 0.15) is 62.0 Å². The first-order chi connectivity index (χ1) is 14.1. The van der Waals surface area contributed by atoms with Crippen molar-refractivity contribution in [3.8, 4) is 28.0 Å². The Morgan fingerprint density at radius 1 is 0.733 bits per heavy atom. The van der Waals surface area contributed by atoms with Crippen molar-refractivity contribution >= 4 is 5.97 Å². The van der Waals surface area contributed by atoms with E-state index in [1.165, 1.54) is 17.5 Å². The van der Waals surface area contributed by atoms with Crippen molar-refractivity contribution < 1.29 is 15.0 Å². The predicted octanol–water partition coefficient (Wildman–Crippen LogP) is 6.77. The van der Waals surface area contributed by atoms with E-state index in [-0.39, 0.29) is 22.1 Å². The third-order valence-electron chi connectivity index (χ3n) is 6.63. The smallest absolute Gasteiger partial charge is 0.335 e. The minimum Gasteiger partial charge on any atom is -0.507 e. The Balaban J connectivity index is 1.80. The number of hydrogen-bond donors (Lipinski definition) is 2. The summed E-state index contributed by atoms with van der Waals surface area (Å²) in [5.41, 5.74) is 6.90. The van der Waals surface area contributed by atoms with Gasteiger partial charge in [0.15, 0.2) is 0 Å². The summed E-state index contributed by atoms with van der Waals surface area (Å²) in [6, 6.07) is 18.9. The minimum absolute atomic E-state index is 0.0980. The molecule has 3 aromatic rings. The summed E-state index contributed by atoms with van der Waals surface area (Å²) in [7, 11) is 0. The predicted molar refractivity (Wildman–Crippen MR) is 121 cm³/mol. The van der Waals surface area contributed by atoms with E-state index in [1.54, 1.807) is 30.3 Å². The molecule has 1 aliphatic rings. The van der Waals surface area contributed by atoms with Crippen molar-refractivity contribution in [2.24, 2.45) is 0 Å². The molecule has 0 radical (unpaired) electrons. The van der Waals surface area contributed by atoms with Crippen LogP contribution in [0.4, 0.5) is 0 Å². The lowest BCUT2D eigenvalue weighted by Crippen LogP contribution is -2.33. The second-order valence-corrected chi connectivity index (χ2v) is 9.64. The molecule has 0 fully saturated rings. The molecule has 0 bridgehead atoms. The van der Waals surface area contributed by atoms with Crippen LogP contribution < -0.4 is 0 Å². The normalized spacial score (nSPS) is 16.7. The Kier molecular flexibility index (Phi) is 4.73. The zero-order valence-electron chi connectivity index (χ0n) is 18.0. The van der Waals surface area contributed by atoms with Crippen LogP contribution in [0.15, 0.2) is 60.7 Å². The summed E-state index contributed by atoms with van der Waals surface area (Å²) in [6.07, 6.45) is 2.30. The van der Waals surface area contributed by atoms with Crippen LogP contribution >= 0.6 is 0 Å². The number of carbonyl (C=O) groups is 1. The van der Waals surface area contributed by atoms with Gasteiger partial charge in [0.2, 0.25) is 0 Å². The molecule has 3 aromatic carbocycles. The van der Waals surface area contributed by atoms with Gasteiger partial charge in [0.05, 0.1) is 5.56 Å². The van der Waals surface area contributed by atoms with Crippen LogP contribution in [0.3, 0.4) is 0 Å². The van der Waals surface area contributed by atoms with Crippen molar-refractivity contribution in [1.82, 2.24) is 0 Å². The van der Waals surface area contributed by atoms with Crippen LogP contribution in [-0.2, 0) is 10.8 Å². The molecular weight excluding hydrogens is 372 g/mol. The molecule has 0 saturated carbocycles. The maximum atomic E-state index is 11.1. The largest absolute Gasteiger partial charge is 0.507 e. The van der Waals surface area contributed by atoms with Gasteiger partial charge in [-0.2, -0.15) is 0 Å². The first kappa shape index (κ1) is 20.2. The number of benzene rings is 3. The molecule has 1 aliphatic carbocycles. The third-order valence-corrected chi connectivity index (χ3v) is 6.63. The first-order valence-electron chi connectivity index (χ1n) is 10.4. The molecule has 30 heavy (non-hydrogen) atoms. The fraction of sp³-hybridized carbons (Fsp3) is 0.296. The first-order valence-corrected chi connectivity index (χ1v) is 10.4. The number of rotatable bonds is 3. The monoisotopic (exact) mass is 400 g/mol. The minimum atomic E-state index is -0.937. The SMILES string of the molecule is CC1(C)CCC(C)(C)c2cc(-c3cc(-c4ccc(C(=O)O)cc4)ccc3O)ccc21. The summed E-state index contributed by atoms with van der Waals surface area (Å²) in [4.78, 5) is 11.1. The lowest BCUT2D eigenvalue weighted by Gasteiger charge is -2.42. The number of carboxylic acids is 1. The molecule has 0 atom stereocenters. The van der Waals surface area contributed by atoms with E-state index in [1.807, 2.05) is 12.1 Å². The summed E-state index contributed by atoms with van der Waals surface area (Å²) < 4.78 is 0. The van der Waals surface area contributed by atoms with Gasteiger partial charge in [-0.25, -0.2) is 4.79 Å². The Bertz CT molecular complexity index is 1120. The van der Waals surface area contributed by atoms with Crippen molar-refractivity contribution in [2.75, 3.05) is 0 Å². The topological polar surface area (TPSA) is 57.5 Å². The molecule has 3 nitrogen and oxygen atoms in total. The van der Waals surface area contributed by atoms with Gasteiger partial charge in [0, 0.05) is 5.56 Å². The van der Waals surface area contributed by atoms with Crippen molar-refractivity contribution in [1.29, 1.82) is 0 Å². The summed E-state index contributed by atoms with van der Waals surface area (Å²) in [6.45, 7) is 9.20. The lowest BCUT2D eigenvalue weighted by atomic mass is 9.63. The van der Waals surface area contributed by atoms with Crippen LogP contribution in [-0.4, -0.2) is 16.2 Å². The van der Waals surface area contributed by atoms with Crippen molar-refractivity contribution in [3.05, 3.63) is 77.4 Å². The molecule has 154 valence electrons. The molecule has 0 saturated heterocycles. The second-order valence-electron chi connectivity index (χ2n) is 9.64. The van der Waals surface area contributed by atoms with Gasteiger partial charge < -0.3 is 10.2 Å². The van der Waals surface area contributed by atoms with Crippen molar-refractivity contribution in [2.45, 2.75) is 51.4 Å². The van der Waals surface area contributed by atoms with E-state index in [9.17, 15) is 9.90 Å². The molecule has 0 aromatic heterocycles. The highest BCUT2D eigenvalue weighted by molar-refractivity contribution is 5.88. The van der Waals surface area contributed by atoms with Crippen LogP contribution in [0.2, 0.25) is 0 Å². The fourth-order valence-electron chi connectivity index (χ4n) is 4.51. The van der Waals surface area contributed by atoms with E-state index < -0.39 is 5.97 Å². The summed E-state index contributed by atoms with van der Waals surface area (Å²) in [5.74, 6) is -0.693. The van der Waals surface area contributed by atoms with Crippen molar-refractivity contribution in [3.63, 3.8) is 0 Å². The maximum Gasteiger partial charge on any atom is 0.335 e. The molecular formula is C27H28O3. The van der Waals surface area contributed by atoms with Gasteiger partial charge >= 0.3 is 5.97 Å². The summed E-state index contributed by atoms with van der Waals surface area (Å²) in [5, 5.41) is 19.7. The number of hydrogen-bond acceptors (Lipinski definition) is 2. The molecule has 4 rings (SSSR count). The van der Waals surface area contributed by atoms with Gasteiger partial charge in [-0.05, 0) is 75.8 Å². The zero-order valence-corrected chi connectivity index (χ0v) is 18.0. The van der Waals surface area contributed by atoms with Gasteiger partial charge in [-0.1, -0.05) is 64.1 Å². The Labute approximate surface area is 178 Å². The third kappa shape index (κ3) is 3.49. The number of phenolic OH excluding ortho intramolecular Hbond substituents is 1. The molecule has 0 spiro atoms. The van der Waals surface area contributed by atoms with Gasteiger partial charge in [-0.3, -0.25) is 0 Å². The number of aromatic carboxylic acids is 1. The quantitative estimate of drug-likeness (QED) is 0.510. The molecule has 3 heteroatoms. The van der Waals surface area contributed by atoms with E-state index >= 15 is 0 Å². The van der Waals surface area contributed by atoms with E-state index in [4.69, 9.17) is 5.11 Å². The average molecular weight is 401 g/mol. The fourth-order valence-corrected chi connectivity index (χ4v) is 4.51. The Morgan fingerprint density at radius 3 is 1.93 bits per heavy atom. The van der Waals surface area contributed by atoms with Gasteiger partial charge in [0.1, 0.15) is 5.75 Å². The molecule has 2 N–H and O–H groups in total.